The predicted octanol–water partition coefficient (Wildman–Crippen LogP) is 21.3. The van der Waals surface area contributed by atoms with E-state index >= 15 is 13.2 Å². The molecule has 5 aliphatic heterocycles. The molecule has 0 atom stereocenters. The first-order chi connectivity index (χ1) is 64.3. The summed E-state index contributed by atoms with van der Waals surface area (Å²) in [6.45, 7) is 40.6. The maximum Gasteiger partial charge on any atom is 0.497 e. The highest BCUT2D eigenvalue weighted by Gasteiger charge is 2.53. The van der Waals surface area contributed by atoms with Crippen LogP contribution in [0.3, 0.4) is 0 Å². The van der Waals surface area contributed by atoms with Crippen molar-refractivity contribution < 1.29 is 63.9 Å². The van der Waals surface area contributed by atoms with E-state index in [1.165, 1.54) is 48.7 Å². The number of Topliss-reactive ketones (excluding diaryl/α,β-unsaturated/α-hetero) is 1. The summed E-state index contributed by atoms with van der Waals surface area (Å²) in [5.74, 6) is -0.579. The van der Waals surface area contributed by atoms with Crippen molar-refractivity contribution in [3.63, 3.8) is 0 Å². The number of esters is 1. The molecule has 706 valence electrons. The van der Waals surface area contributed by atoms with Crippen LogP contribution in [0.1, 0.15) is 202 Å². The minimum atomic E-state index is -1.04. The van der Waals surface area contributed by atoms with Gasteiger partial charge in [-0.25, -0.2) is 39.9 Å². The number of aromatic nitrogens is 16. The lowest BCUT2D eigenvalue weighted by Gasteiger charge is -2.35. The van der Waals surface area contributed by atoms with Crippen LogP contribution in [0.2, 0.25) is 0 Å². The van der Waals surface area contributed by atoms with Crippen molar-refractivity contribution in [1.29, 1.82) is 0 Å². The van der Waals surface area contributed by atoms with Crippen molar-refractivity contribution >= 4 is 107 Å². The Morgan fingerprint density at radius 1 is 0.412 bits per heavy atom. The summed E-state index contributed by atoms with van der Waals surface area (Å²) < 4.78 is 145. The molecule has 21 rings (SSSR count). The van der Waals surface area contributed by atoms with Crippen LogP contribution in [0, 0.1) is 74.2 Å². The van der Waals surface area contributed by atoms with Crippen molar-refractivity contribution in [3.8, 4) is 56.1 Å². The summed E-state index contributed by atoms with van der Waals surface area (Å²) in [6.07, 6.45) is 9.72. The maximum atomic E-state index is 16.4. The number of nitrogens with zero attached hydrogens (tertiary/aromatic N) is 12. The highest BCUT2D eigenvalue weighted by molar-refractivity contribution is 9.10. The van der Waals surface area contributed by atoms with Crippen molar-refractivity contribution in [2.24, 2.45) is 0 Å². The van der Waals surface area contributed by atoms with Crippen LogP contribution < -0.4 is 26.7 Å². The molecule has 0 saturated carbocycles. The average molecular weight is 1920 g/mol. The molecule has 1 fully saturated rings. The number of anilines is 4. The van der Waals surface area contributed by atoms with Gasteiger partial charge >= 0.3 is 13.1 Å². The fourth-order valence-electron chi connectivity index (χ4n) is 18.8. The second-order valence-corrected chi connectivity index (χ2v) is 38.5. The van der Waals surface area contributed by atoms with Gasteiger partial charge in [0, 0.05) is 97.3 Å². The van der Waals surface area contributed by atoms with E-state index in [1.54, 1.807) is 71.3 Å². The molecule has 36 heteroatoms. The van der Waals surface area contributed by atoms with Crippen molar-refractivity contribution in [2.75, 3.05) is 34.5 Å². The second kappa shape index (κ2) is 34.8. The maximum absolute atomic E-state index is 16.4. The van der Waals surface area contributed by atoms with E-state index in [4.69, 9.17) is 14.0 Å². The molecule has 8 aromatic carbocycles. The Morgan fingerprint density at radius 3 is 1.15 bits per heavy atom. The van der Waals surface area contributed by atoms with Gasteiger partial charge < -0.3 is 60.4 Å². The average Bonchev–Trinajstić information content (AvgIpc) is 1.45. The molecule has 0 unspecified atom stereocenters. The zero-order chi connectivity index (χ0) is 97.7. The molecule has 5 aliphatic rings. The normalized spacial score (nSPS) is 15.4. The highest BCUT2D eigenvalue weighted by Crippen LogP contribution is 2.51. The number of carbonyl (C=O) groups excluding carboxylic acids is 2. The molecule has 0 aliphatic carbocycles. The largest absolute Gasteiger partial charge is 0.497 e. The summed E-state index contributed by atoms with van der Waals surface area (Å²) >= 11 is 3.30. The third kappa shape index (κ3) is 15.9. The fourth-order valence-corrected chi connectivity index (χ4v) is 19.3. The topological polar surface area (TPSA) is 316 Å². The van der Waals surface area contributed by atoms with Gasteiger partial charge in [-0.1, -0.05) is 27.7 Å². The van der Waals surface area contributed by atoms with Gasteiger partial charge in [-0.3, -0.25) is 23.1 Å². The van der Waals surface area contributed by atoms with Crippen LogP contribution in [0.25, 0.3) is 99.7 Å². The lowest BCUT2D eigenvalue weighted by Crippen LogP contribution is -2.41. The molecule has 8 aromatic heterocycles. The summed E-state index contributed by atoms with van der Waals surface area (Å²) in [7, 11) is -0.554. The van der Waals surface area contributed by atoms with Crippen molar-refractivity contribution in [3.05, 3.63) is 241 Å². The van der Waals surface area contributed by atoms with Crippen LogP contribution in [0.5, 0.6) is 0 Å². The molecule has 0 bridgehead atoms. The first-order valence-corrected chi connectivity index (χ1v) is 45.9. The summed E-state index contributed by atoms with van der Waals surface area (Å²) in [5, 5.41) is 59.1. The number of aryl methyl sites for hydroxylation is 8. The van der Waals surface area contributed by atoms with Gasteiger partial charge in [0.15, 0.2) is 46.6 Å². The summed E-state index contributed by atoms with van der Waals surface area (Å²) in [6, 6.07) is 21.7. The van der Waals surface area contributed by atoms with Gasteiger partial charge in [-0.15, -0.1) is 40.8 Å². The van der Waals surface area contributed by atoms with E-state index in [1.807, 2.05) is 140 Å². The number of aromatic amines is 4. The Morgan fingerprint density at radius 2 is 0.757 bits per heavy atom. The first kappa shape index (κ1) is 94.5. The standard InChI is InChI=1S/C26H25F2N5O3.C24H25F2N5O.C22H21F2N5.C14H17BFNO2.C14H16BrFN4/c1-6-13-8-15(19(28)22-20(13)30-26(4,5)25-32-31-12(3)33(22)25)16-9-14(27)10-17-18(11-29-21(16)17)23(34)24(35)36-7-2;1-5-13-8-17(18-10-15(25)9-16-14(6-7-32)11-27-21(16)18)19(26)22-20(13)28-24(3,4)23-30-29-12(2)31(22)23;1-5-12-9-15(16-10-14(23)8-13-6-7-25-18(13)16)17(24)20-19(12)26-22(3,4)21-28-27-11(2)29(20)21;1-13(2)14(3,4)19-15(18-13)11-8-10(16)7-9-5-6-17-12(9)11;1-5-8-6-9(15)10(16)12-11(8)17-14(3,4)13-19-18-7(2)20(12)13/h8-11,29-30H,6-7H2,1-5H3;8-11,27-28,32H,5-7H2,1-4H3;6-10,25-26H,5H2,1-4H3;5-8,17H,1-4H3;6,17H,5H2,1-4H3. The number of rotatable bonds is 13. The zero-order valence-electron chi connectivity index (χ0n) is 79.2. The third-order valence-corrected chi connectivity index (χ3v) is 26.9. The second-order valence-electron chi connectivity index (χ2n) is 37.7. The number of hydrogen-bond acceptors (Lipinski definition) is 18. The van der Waals surface area contributed by atoms with Gasteiger partial charge in [0.05, 0.1) is 89.3 Å². The SMILES string of the molecule is CC1(C)OB(c2cc(F)cc3cc[nH]c23)OC1(C)C.CCOC(=O)C(=O)c1c[nH]c2c(-c3cc(CC)c4c(c3F)-n3c(C)nnc3C(C)(C)N4)cc(F)cc12.CCc1cc(-c2cc(F)cc3c(CCO)c[nH]c23)c(F)c2c1NC(C)(C)c1nnc(C)n1-2.CCc1cc(-c2cc(F)cc3cc[nH]c23)c(F)c2c1NC(C)(C)c1nnc(C)n1-2.CCc1cc(Br)c(F)c2c1NC(C)(C)c1nnc(C)n1-2. The Kier molecular flexibility index (Phi) is 24.2. The van der Waals surface area contributed by atoms with E-state index in [9.17, 15) is 36.6 Å². The summed E-state index contributed by atoms with van der Waals surface area (Å²) in [5.41, 5.74) is 11.2. The smallest absolute Gasteiger partial charge is 0.460 e. The molecule has 13 heterocycles. The van der Waals surface area contributed by atoms with E-state index in [2.05, 4.69) is 105 Å². The molecule has 26 nitrogen and oxygen atoms in total. The molecular weight excluding hydrogens is 1820 g/mol. The lowest BCUT2D eigenvalue weighted by atomic mass is 9.78. The lowest BCUT2D eigenvalue weighted by molar-refractivity contribution is -0.137. The Hall–Kier alpha value is -13.3. The highest BCUT2D eigenvalue weighted by atomic mass is 79.9. The van der Waals surface area contributed by atoms with Crippen LogP contribution in [0.15, 0.2) is 114 Å². The van der Waals surface area contributed by atoms with Crippen molar-refractivity contribution in [2.45, 2.75) is 211 Å². The van der Waals surface area contributed by atoms with Gasteiger partial charge in [0.1, 0.15) is 69.3 Å². The van der Waals surface area contributed by atoms with Crippen molar-refractivity contribution in [1.82, 2.24) is 79.0 Å². The number of ketones is 1. The number of H-pyrrole nitrogens is 4. The number of ether oxygens (including phenoxy) is 1. The number of carbonyl (C=O) groups is 2. The number of benzene rings is 8. The minimum absolute atomic E-state index is 0.0298. The number of nitrogens with one attached hydrogen (secondary N) is 8. The molecule has 16 aromatic rings. The van der Waals surface area contributed by atoms with Crippen LogP contribution in [-0.4, -0.2) is 127 Å². The van der Waals surface area contributed by atoms with E-state index in [0.29, 0.717) is 154 Å². The Balaban J connectivity index is 0.000000120. The molecule has 1 saturated heterocycles. The molecule has 0 radical (unpaired) electrons. The minimum Gasteiger partial charge on any atom is -0.460 e. The Labute approximate surface area is 787 Å². The van der Waals surface area contributed by atoms with Gasteiger partial charge in [0.2, 0.25) is 0 Å². The van der Waals surface area contributed by atoms with Gasteiger partial charge in [-0.2, -0.15) is 0 Å². The van der Waals surface area contributed by atoms with Crippen LogP contribution >= 0.6 is 15.9 Å². The van der Waals surface area contributed by atoms with Gasteiger partial charge in [-0.05, 0) is 278 Å². The van der Waals surface area contributed by atoms with Crippen LogP contribution in [0.4, 0.5) is 57.9 Å². The number of aliphatic hydroxyl groups is 1. The first-order valence-electron chi connectivity index (χ1n) is 45.1. The quantitative estimate of drug-likeness (QED) is 0.0170. The molecule has 0 spiro atoms. The van der Waals surface area contributed by atoms with Gasteiger partial charge in [0.25, 0.3) is 5.78 Å². The number of fused-ring (bicyclic) bond motifs is 16. The molecule has 9 N–H and O–H groups in total. The monoisotopic (exact) mass is 1920 g/mol. The Bertz CT molecular complexity index is 7540. The van der Waals surface area contributed by atoms with Crippen LogP contribution in [-0.2, 0) is 73.1 Å². The molecule has 136 heavy (non-hydrogen) atoms. The van der Waals surface area contributed by atoms with E-state index < -0.39 is 87.1 Å². The fraction of sp³-hybridized carbons (Fsp3) is 0.340. The predicted molar refractivity (Wildman–Crippen MR) is 514 cm³/mol. The number of hydrogen-bond donors (Lipinski definition) is 9. The number of aliphatic hydroxyl groups excluding tert-OH is 1. The third-order valence-electron chi connectivity index (χ3n) is 26.3. The number of halogens is 9. The molecule has 0 amide bonds. The van der Waals surface area contributed by atoms with E-state index in [0.717, 1.165) is 68.4 Å². The van der Waals surface area contributed by atoms with E-state index in [-0.39, 0.29) is 52.6 Å². The zero-order valence-corrected chi connectivity index (χ0v) is 80.8. The molecular formula is C100H104BBrF8N20O6. The summed E-state index contributed by atoms with van der Waals surface area (Å²) in [4.78, 5) is 37.0.